The molecule has 3 heterocycles. The SMILES string of the molecule is CCNC(=O)C[C@@H]1N=C(c2ccc(Cl)cc2)c2cc(OCC(=O)NCc3cccc(C4CCN(C(=O)Cc5ccc(B(O)O)cc5F)CC4)c3)ccc2-n2c(C)nnc21. The van der Waals surface area contributed by atoms with E-state index in [-0.39, 0.29) is 54.1 Å². The van der Waals surface area contributed by atoms with Gasteiger partial charge in [-0.15, -0.1) is 10.2 Å². The first-order chi connectivity index (χ1) is 28.5. The van der Waals surface area contributed by atoms with Crippen molar-refractivity contribution in [3.05, 3.63) is 135 Å². The molecule has 5 aromatic rings. The second kappa shape index (κ2) is 18.4. The number of rotatable bonds is 13. The highest BCUT2D eigenvalue weighted by atomic mass is 35.5. The quantitative estimate of drug-likeness (QED) is 0.129. The van der Waals surface area contributed by atoms with E-state index in [0.717, 1.165) is 41.3 Å². The minimum Gasteiger partial charge on any atom is -0.484 e. The van der Waals surface area contributed by atoms with Gasteiger partial charge >= 0.3 is 7.12 Å². The van der Waals surface area contributed by atoms with Gasteiger partial charge in [0, 0.05) is 42.3 Å². The Morgan fingerprint density at radius 2 is 1.73 bits per heavy atom. The molecule has 0 radical (unpaired) electrons. The number of benzene rings is 4. The first-order valence-electron chi connectivity index (χ1n) is 19.5. The monoisotopic (exact) mass is 819 g/mol. The van der Waals surface area contributed by atoms with Gasteiger partial charge in [-0.2, -0.15) is 0 Å². The second-order valence-electron chi connectivity index (χ2n) is 14.6. The minimum atomic E-state index is -1.78. The largest absolute Gasteiger partial charge is 0.488 e. The summed E-state index contributed by atoms with van der Waals surface area (Å²) in [4.78, 5) is 45.7. The van der Waals surface area contributed by atoms with Crippen molar-refractivity contribution in [3.8, 4) is 11.4 Å². The van der Waals surface area contributed by atoms with Crippen molar-refractivity contribution in [1.29, 1.82) is 0 Å². The van der Waals surface area contributed by atoms with Gasteiger partial charge in [-0.3, -0.25) is 23.9 Å². The van der Waals surface area contributed by atoms with Gasteiger partial charge in [0.2, 0.25) is 11.8 Å². The van der Waals surface area contributed by atoms with E-state index >= 15 is 0 Å². The first-order valence-corrected chi connectivity index (χ1v) is 19.9. The molecule has 2 aliphatic heterocycles. The van der Waals surface area contributed by atoms with Gasteiger partial charge in [0.1, 0.15) is 23.4 Å². The molecule has 0 aliphatic carbocycles. The molecular weight excluding hydrogens is 776 g/mol. The van der Waals surface area contributed by atoms with Crippen LogP contribution in [-0.2, 0) is 27.3 Å². The predicted molar refractivity (Wildman–Crippen MR) is 221 cm³/mol. The molecule has 13 nitrogen and oxygen atoms in total. The third-order valence-electron chi connectivity index (χ3n) is 10.6. The van der Waals surface area contributed by atoms with Gasteiger partial charge in [0.15, 0.2) is 12.4 Å². The summed E-state index contributed by atoms with van der Waals surface area (Å²) in [5, 5.41) is 33.7. The topological polar surface area (TPSA) is 171 Å². The van der Waals surface area contributed by atoms with E-state index in [1.807, 2.05) is 54.8 Å². The standard InChI is InChI=1S/C43H44BClFN7O6/c1-3-47-39(54)23-37-43-51-50-26(2)53(43)38-14-13-34(22-35(38)42(49-37)29-8-11-33(45)12-9-29)59-25-40(55)48-24-27-5-4-6-30(19-27)28-15-17-52(18-16-28)41(56)20-31-7-10-32(44(57)58)21-36(31)46/h4-14,19,21-22,28,37,57-58H,3,15-18,20,23-25H2,1-2H3,(H,47,54)(H,48,55)/t37-/m0/s1. The summed E-state index contributed by atoms with van der Waals surface area (Å²) < 4.78 is 22.4. The summed E-state index contributed by atoms with van der Waals surface area (Å²) in [6.07, 6.45) is 1.45. The van der Waals surface area contributed by atoms with Crippen molar-refractivity contribution in [1.82, 2.24) is 30.3 Å². The lowest BCUT2D eigenvalue weighted by atomic mass is 9.80. The third kappa shape index (κ3) is 9.70. The fourth-order valence-electron chi connectivity index (χ4n) is 7.55. The highest BCUT2D eigenvalue weighted by molar-refractivity contribution is 6.58. The van der Waals surface area contributed by atoms with Crippen molar-refractivity contribution < 1.29 is 33.6 Å². The van der Waals surface area contributed by atoms with Gasteiger partial charge < -0.3 is 30.3 Å². The number of piperidine rings is 1. The zero-order valence-electron chi connectivity index (χ0n) is 32.7. The highest BCUT2D eigenvalue weighted by Gasteiger charge is 2.30. The van der Waals surface area contributed by atoms with Crippen LogP contribution in [0.15, 0.2) is 89.9 Å². The molecule has 0 spiro atoms. The van der Waals surface area contributed by atoms with Crippen LogP contribution in [0.25, 0.3) is 5.69 Å². The van der Waals surface area contributed by atoms with E-state index in [1.165, 1.54) is 12.1 Å². The Bertz CT molecular complexity index is 2380. The minimum absolute atomic E-state index is 0.0327. The van der Waals surface area contributed by atoms with Crippen LogP contribution in [0.5, 0.6) is 5.75 Å². The molecule has 7 rings (SSSR count). The summed E-state index contributed by atoms with van der Waals surface area (Å²) in [5.41, 5.74) is 5.16. The van der Waals surface area contributed by atoms with E-state index in [9.17, 15) is 28.8 Å². The molecule has 4 N–H and O–H groups in total. The lowest BCUT2D eigenvalue weighted by molar-refractivity contribution is -0.131. The van der Waals surface area contributed by atoms with Gasteiger partial charge in [0.25, 0.3) is 5.91 Å². The number of halogens is 2. The number of aromatic nitrogens is 3. The van der Waals surface area contributed by atoms with Crippen molar-refractivity contribution in [2.45, 2.75) is 58.0 Å². The molecular formula is C43H44BClFN7O6. The van der Waals surface area contributed by atoms with Crippen LogP contribution in [0.2, 0.25) is 5.02 Å². The van der Waals surface area contributed by atoms with Gasteiger partial charge in [-0.25, -0.2) is 4.39 Å². The van der Waals surface area contributed by atoms with Crippen LogP contribution < -0.4 is 20.8 Å². The van der Waals surface area contributed by atoms with Crippen LogP contribution >= 0.6 is 11.6 Å². The molecule has 1 saturated heterocycles. The zero-order chi connectivity index (χ0) is 41.6. The normalized spacial score (nSPS) is 15.1. The van der Waals surface area contributed by atoms with E-state index in [2.05, 4.69) is 33.0 Å². The van der Waals surface area contributed by atoms with Crippen molar-refractivity contribution >= 4 is 47.6 Å². The number of hydrogen-bond donors (Lipinski definition) is 4. The molecule has 4 aromatic carbocycles. The van der Waals surface area contributed by atoms with E-state index < -0.39 is 19.0 Å². The van der Waals surface area contributed by atoms with Crippen molar-refractivity contribution in [2.75, 3.05) is 26.2 Å². The maximum atomic E-state index is 14.5. The highest BCUT2D eigenvalue weighted by Crippen LogP contribution is 2.35. The maximum absolute atomic E-state index is 14.5. The number of aliphatic imine (C=N–C) groups is 1. The smallest absolute Gasteiger partial charge is 0.484 e. The number of carbonyl (C=O) groups is 3. The Hall–Kier alpha value is -5.90. The molecule has 304 valence electrons. The van der Waals surface area contributed by atoms with Crippen LogP contribution in [-0.4, -0.2) is 86.5 Å². The molecule has 3 amide bonds. The van der Waals surface area contributed by atoms with Crippen molar-refractivity contribution in [3.63, 3.8) is 0 Å². The summed E-state index contributed by atoms with van der Waals surface area (Å²) >= 11 is 6.24. The average Bonchev–Trinajstić information content (AvgIpc) is 3.56. The number of hydrogen-bond acceptors (Lipinski definition) is 9. The third-order valence-corrected chi connectivity index (χ3v) is 10.9. The number of amides is 3. The molecule has 1 aromatic heterocycles. The molecule has 1 fully saturated rings. The predicted octanol–water partition coefficient (Wildman–Crippen LogP) is 4.11. The Balaban J connectivity index is 0.977. The van der Waals surface area contributed by atoms with Crippen LogP contribution in [0.3, 0.4) is 0 Å². The summed E-state index contributed by atoms with van der Waals surface area (Å²) in [5.74, 6) is 0.551. The Morgan fingerprint density at radius 1 is 0.949 bits per heavy atom. The van der Waals surface area contributed by atoms with Crippen LogP contribution in [0, 0.1) is 12.7 Å². The number of likely N-dealkylation sites (tertiary alicyclic amines) is 1. The van der Waals surface area contributed by atoms with Gasteiger partial charge in [0.05, 0.1) is 24.2 Å². The fraction of sp³-hybridized carbons (Fsp3) is 0.302. The summed E-state index contributed by atoms with van der Waals surface area (Å²) in [6, 6.07) is 24.0. The molecule has 59 heavy (non-hydrogen) atoms. The Kier molecular flexibility index (Phi) is 12.8. The Morgan fingerprint density at radius 3 is 2.46 bits per heavy atom. The fourth-order valence-corrected chi connectivity index (χ4v) is 7.67. The number of nitrogens with zero attached hydrogens (tertiary/aromatic N) is 5. The molecule has 0 bridgehead atoms. The van der Waals surface area contributed by atoms with E-state index in [4.69, 9.17) is 21.3 Å². The lowest BCUT2D eigenvalue weighted by Gasteiger charge is -2.32. The maximum Gasteiger partial charge on any atom is 0.488 e. The van der Waals surface area contributed by atoms with Gasteiger partial charge in [-0.1, -0.05) is 60.1 Å². The number of carbonyl (C=O) groups excluding carboxylic acids is 3. The zero-order valence-corrected chi connectivity index (χ0v) is 33.5. The van der Waals surface area contributed by atoms with E-state index in [1.54, 1.807) is 23.1 Å². The molecule has 1 atom stereocenters. The molecule has 2 aliphatic rings. The van der Waals surface area contributed by atoms with Gasteiger partial charge in [-0.05, 0) is 91.2 Å². The second-order valence-corrected chi connectivity index (χ2v) is 15.1. The number of ether oxygens (including phenoxy) is 1. The van der Waals surface area contributed by atoms with Crippen LogP contribution in [0.4, 0.5) is 4.39 Å². The number of aryl methyl sites for hydroxylation is 1. The number of nitrogens with one attached hydrogen (secondary N) is 2. The van der Waals surface area contributed by atoms with E-state index in [0.29, 0.717) is 59.9 Å². The lowest BCUT2D eigenvalue weighted by Crippen LogP contribution is -2.39. The first kappa shape index (κ1) is 41.3. The average molecular weight is 820 g/mol. The number of fused-ring (bicyclic) bond motifs is 3. The molecule has 16 heteroatoms. The molecule has 0 saturated carbocycles. The summed E-state index contributed by atoms with van der Waals surface area (Å²) in [6.45, 7) is 5.32. The molecule has 0 unspecified atom stereocenters. The van der Waals surface area contributed by atoms with Crippen LogP contribution in [0.1, 0.15) is 77.6 Å². The summed E-state index contributed by atoms with van der Waals surface area (Å²) in [7, 11) is -1.78. The van der Waals surface area contributed by atoms with Crippen molar-refractivity contribution in [2.24, 2.45) is 4.99 Å². The Labute approximate surface area is 346 Å².